The summed E-state index contributed by atoms with van der Waals surface area (Å²) in [6, 6.07) is 5.97. The molecule has 0 aliphatic heterocycles. The van der Waals surface area contributed by atoms with Crippen molar-refractivity contribution in [1.29, 1.82) is 0 Å². The molecular weight excluding hydrogens is 226 g/mol. The quantitative estimate of drug-likeness (QED) is 0.870. The summed E-state index contributed by atoms with van der Waals surface area (Å²) in [5, 5.41) is 17.2. The lowest BCUT2D eigenvalue weighted by Crippen LogP contribution is -2.01. The van der Waals surface area contributed by atoms with Gasteiger partial charge in [0.25, 0.3) is 0 Å². The van der Waals surface area contributed by atoms with Crippen molar-refractivity contribution in [2.24, 2.45) is 0 Å². The maximum Gasteiger partial charge on any atom is 0.120 e. The third-order valence-electron chi connectivity index (χ3n) is 2.89. The topological polar surface area (TPSA) is 50.1 Å². The molecule has 0 atom stereocenters. The van der Waals surface area contributed by atoms with Crippen LogP contribution in [0.5, 0.6) is 5.75 Å². The van der Waals surface area contributed by atoms with Crippen molar-refractivity contribution in [3.63, 3.8) is 0 Å². The molecule has 0 radical (unpaired) electrons. The third kappa shape index (κ3) is 2.83. The molecule has 1 heterocycles. The number of hydrogen-bond acceptors (Lipinski definition) is 3. The van der Waals surface area contributed by atoms with Gasteiger partial charge in [0, 0.05) is 36.1 Å². The fraction of sp³-hybridized carbons (Fsp3) is 0.357. The number of rotatable bonds is 4. The summed E-state index contributed by atoms with van der Waals surface area (Å²) in [4.78, 5) is 0. The Hall–Kier alpha value is -1.97. The Kier molecular flexibility index (Phi) is 3.55. The van der Waals surface area contributed by atoms with Crippen LogP contribution >= 0.6 is 0 Å². The van der Waals surface area contributed by atoms with Crippen molar-refractivity contribution in [3.8, 4) is 5.75 Å². The molecule has 1 aromatic heterocycles. The minimum atomic E-state index is 0.317. The van der Waals surface area contributed by atoms with E-state index in [2.05, 4.69) is 24.3 Å². The Morgan fingerprint density at radius 2 is 2.17 bits per heavy atom. The van der Waals surface area contributed by atoms with E-state index in [0.717, 1.165) is 16.8 Å². The number of benzene rings is 1. The average molecular weight is 245 g/mol. The summed E-state index contributed by atoms with van der Waals surface area (Å²) >= 11 is 0. The number of phenols is 1. The number of nitrogens with zero attached hydrogens (tertiary/aromatic N) is 2. The Morgan fingerprint density at radius 3 is 2.78 bits per heavy atom. The number of hydrogen-bond donors (Lipinski definition) is 2. The van der Waals surface area contributed by atoms with Gasteiger partial charge in [0.1, 0.15) is 5.75 Å². The molecule has 4 heteroatoms. The number of aromatic nitrogens is 2. The highest BCUT2D eigenvalue weighted by molar-refractivity contribution is 5.51. The Bertz CT molecular complexity index is 532. The van der Waals surface area contributed by atoms with E-state index in [9.17, 15) is 5.11 Å². The van der Waals surface area contributed by atoms with Crippen molar-refractivity contribution in [2.45, 2.75) is 33.4 Å². The van der Waals surface area contributed by atoms with Gasteiger partial charge in [-0.2, -0.15) is 5.10 Å². The second kappa shape index (κ2) is 5.12. The lowest BCUT2D eigenvalue weighted by molar-refractivity contribution is 0.471. The van der Waals surface area contributed by atoms with E-state index in [4.69, 9.17) is 0 Å². The molecular formula is C14H19N3O. The van der Waals surface area contributed by atoms with Crippen LogP contribution in [0.2, 0.25) is 0 Å². The highest BCUT2D eigenvalue weighted by Gasteiger charge is 2.02. The summed E-state index contributed by atoms with van der Waals surface area (Å²) < 4.78 is 1.93. The second-order valence-electron chi connectivity index (χ2n) is 4.78. The van der Waals surface area contributed by atoms with Crippen LogP contribution in [0.25, 0.3) is 0 Å². The van der Waals surface area contributed by atoms with Gasteiger partial charge < -0.3 is 10.4 Å². The molecule has 0 amide bonds. The zero-order valence-electron chi connectivity index (χ0n) is 11.0. The number of phenolic OH excluding ortho intramolecular Hbond substituents is 1. The van der Waals surface area contributed by atoms with Gasteiger partial charge in [-0.25, -0.2) is 0 Å². The summed E-state index contributed by atoms with van der Waals surface area (Å²) in [7, 11) is 0. The molecule has 0 aliphatic rings. The molecule has 2 aromatic rings. The number of nitrogens with one attached hydrogen (secondary N) is 1. The van der Waals surface area contributed by atoms with Crippen molar-refractivity contribution < 1.29 is 5.11 Å². The van der Waals surface area contributed by atoms with Crippen molar-refractivity contribution in [1.82, 2.24) is 9.78 Å². The van der Waals surface area contributed by atoms with Crippen LogP contribution in [0.1, 0.15) is 31.0 Å². The van der Waals surface area contributed by atoms with Crippen molar-refractivity contribution >= 4 is 5.69 Å². The van der Waals surface area contributed by atoms with E-state index in [0.29, 0.717) is 18.3 Å². The van der Waals surface area contributed by atoms with Crippen LogP contribution in [0, 0.1) is 6.92 Å². The van der Waals surface area contributed by atoms with Gasteiger partial charge >= 0.3 is 0 Å². The molecule has 0 unspecified atom stereocenters. The van der Waals surface area contributed by atoms with Crippen LogP contribution in [0.3, 0.4) is 0 Å². The van der Waals surface area contributed by atoms with E-state index in [1.807, 2.05) is 36.1 Å². The van der Waals surface area contributed by atoms with Gasteiger partial charge in [-0.1, -0.05) is 6.07 Å². The molecule has 0 bridgehead atoms. The fourth-order valence-electron chi connectivity index (χ4n) is 1.67. The molecule has 0 spiro atoms. The summed E-state index contributed by atoms with van der Waals surface area (Å²) in [5.41, 5.74) is 2.92. The zero-order valence-corrected chi connectivity index (χ0v) is 11.0. The molecule has 0 fully saturated rings. The minimum Gasteiger partial charge on any atom is -0.508 e. The Morgan fingerprint density at radius 1 is 1.39 bits per heavy atom. The molecule has 2 rings (SSSR count). The predicted octanol–water partition coefficient (Wildman–Crippen LogP) is 3.09. The zero-order chi connectivity index (χ0) is 13.1. The molecule has 4 nitrogen and oxygen atoms in total. The maximum absolute atomic E-state index is 9.62. The SMILES string of the molecule is Cc1ccc(NCc2cnn(C(C)C)c2)cc1O. The largest absolute Gasteiger partial charge is 0.508 e. The lowest BCUT2D eigenvalue weighted by atomic mass is 10.2. The van der Waals surface area contributed by atoms with Crippen LogP contribution < -0.4 is 5.32 Å². The number of aromatic hydroxyl groups is 1. The molecule has 2 N–H and O–H groups in total. The number of aryl methyl sites for hydroxylation is 1. The van der Waals surface area contributed by atoms with Crippen LogP contribution in [-0.4, -0.2) is 14.9 Å². The summed E-state index contributed by atoms with van der Waals surface area (Å²) in [6.45, 7) is 6.78. The van der Waals surface area contributed by atoms with E-state index in [-0.39, 0.29) is 0 Å². The van der Waals surface area contributed by atoms with Gasteiger partial charge in [-0.3, -0.25) is 4.68 Å². The second-order valence-corrected chi connectivity index (χ2v) is 4.78. The monoisotopic (exact) mass is 245 g/mol. The van der Waals surface area contributed by atoms with Crippen molar-refractivity contribution in [3.05, 3.63) is 41.7 Å². The van der Waals surface area contributed by atoms with Crippen LogP contribution in [0.15, 0.2) is 30.6 Å². The molecule has 96 valence electrons. The first-order chi connectivity index (χ1) is 8.56. The smallest absolute Gasteiger partial charge is 0.120 e. The first-order valence-corrected chi connectivity index (χ1v) is 6.13. The third-order valence-corrected chi connectivity index (χ3v) is 2.89. The highest BCUT2D eigenvalue weighted by Crippen LogP contribution is 2.21. The molecule has 0 aliphatic carbocycles. The lowest BCUT2D eigenvalue weighted by Gasteiger charge is -2.07. The Labute approximate surface area is 107 Å². The molecule has 1 aromatic carbocycles. The highest BCUT2D eigenvalue weighted by atomic mass is 16.3. The molecule has 0 saturated carbocycles. The van der Waals surface area contributed by atoms with E-state index < -0.39 is 0 Å². The van der Waals surface area contributed by atoms with Crippen molar-refractivity contribution in [2.75, 3.05) is 5.32 Å². The van der Waals surface area contributed by atoms with E-state index >= 15 is 0 Å². The summed E-state index contributed by atoms with van der Waals surface area (Å²) in [5.74, 6) is 0.317. The van der Waals surface area contributed by atoms with E-state index in [1.165, 1.54) is 0 Å². The maximum atomic E-state index is 9.62. The number of anilines is 1. The van der Waals surface area contributed by atoms with E-state index in [1.54, 1.807) is 6.07 Å². The average Bonchev–Trinajstić information content (AvgIpc) is 2.79. The Balaban J connectivity index is 2.00. The molecule has 0 saturated heterocycles. The normalized spacial score (nSPS) is 10.9. The first kappa shape index (κ1) is 12.5. The van der Waals surface area contributed by atoms with Crippen LogP contribution in [0.4, 0.5) is 5.69 Å². The summed E-state index contributed by atoms with van der Waals surface area (Å²) in [6.07, 6.45) is 3.90. The first-order valence-electron chi connectivity index (χ1n) is 6.13. The fourth-order valence-corrected chi connectivity index (χ4v) is 1.67. The van der Waals surface area contributed by atoms with Gasteiger partial charge in [0.2, 0.25) is 0 Å². The minimum absolute atomic E-state index is 0.317. The predicted molar refractivity (Wildman–Crippen MR) is 72.8 cm³/mol. The van der Waals surface area contributed by atoms with Gasteiger partial charge in [-0.15, -0.1) is 0 Å². The van der Waals surface area contributed by atoms with Crippen LogP contribution in [-0.2, 0) is 6.54 Å². The van der Waals surface area contributed by atoms with Gasteiger partial charge in [-0.05, 0) is 32.4 Å². The molecule has 18 heavy (non-hydrogen) atoms. The van der Waals surface area contributed by atoms with Gasteiger partial charge in [0.05, 0.1) is 6.20 Å². The van der Waals surface area contributed by atoms with Gasteiger partial charge in [0.15, 0.2) is 0 Å². The standard InChI is InChI=1S/C14H19N3O/c1-10(2)17-9-12(8-16-17)7-15-13-5-4-11(3)14(18)6-13/h4-6,8-10,15,18H,7H2,1-3H3.